The molecule has 0 amide bonds. The number of nitrogen functional groups attached to an aromatic ring is 1. The Labute approximate surface area is 120 Å². The predicted molar refractivity (Wildman–Crippen MR) is 78.5 cm³/mol. The summed E-state index contributed by atoms with van der Waals surface area (Å²) in [6.07, 6.45) is 7.30. The summed E-state index contributed by atoms with van der Waals surface area (Å²) in [4.78, 5) is 0.0667. The van der Waals surface area contributed by atoms with Crippen molar-refractivity contribution in [2.45, 2.75) is 43.9 Å². The summed E-state index contributed by atoms with van der Waals surface area (Å²) >= 11 is 0. The fraction of sp³-hybridized carbons (Fsp3) is 0.769. The Morgan fingerprint density at radius 2 is 2.25 bits per heavy atom. The van der Waals surface area contributed by atoms with Crippen LogP contribution in [-0.4, -0.2) is 24.7 Å². The third kappa shape index (κ3) is 3.73. The van der Waals surface area contributed by atoms with Gasteiger partial charge in [-0.3, -0.25) is 4.68 Å². The van der Waals surface area contributed by atoms with Crippen LogP contribution >= 0.6 is 0 Å². The van der Waals surface area contributed by atoms with E-state index in [0.717, 1.165) is 12.3 Å². The van der Waals surface area contributed by atoms with Gasteiger partial charge < -0.3 is 5.73 Å². The molecule has 3 N–H and O–H groups in total. The molecule has 2 unspecified atom stereocenters. The second-order valence-corrected chi connectivity index (χ2v) is 7.61. The molecule has 7 heteroatoms. The summed E-state index contributed by atoms with van der Waals surface area (Å²) in [7, 11) is -1.89. The molecule has 1 fully saturated rings. The third-order valence-electron chi connectivity index (χ3n) is 4.00. The minimum Gasteiger partial charge on any atom is -0.381 e. The maximum Gasteiger partial charge on any atom is 0.245 e. The van der Waals surface area contributed by atoms with E-state index >= 15 is 0 Å². The fourth-order valence-corrected chi connectivity index (χ4v) is 4.14. The molecule has 0 spiro atoms. The monoisotopic (exact) mass is 300 g/mol. The Kier molecular flexibility index (Phi) is 4.70. The standard InChI is InChI=1S/C13H24N4O2S/c1-10-4-3-5-11(8-10)6-7-15-20(18,19)12-9-17(2)16-13(12)14/h9-11,15H,3-8H2,1-2H3,(H2,14,16). The summed E-state index contributed by atoms with van der Waals surface area (Å²) in [6.45, 7) is 2.74. The lowest BCUT2D eigenvalue weighted by Crippen LogP contribution is -2.27. The van der Waals surface area contributed by atoms with E-state index in [1.807, 2.05) is 0 Å². The first-order valence-corrected chi connectivity index (χ1v) is 8.65. The minimum absolute atomic E-state index is 0.0475. The Bertz CT molecular complexity index is 553. The molecule has 1 aliphatic carbocycles. The molecule has 1 aromatic rings. The SMILES string of the molecule is CC1CCCC(CCNS(=O)(=O)c2cn(C)nc2N)C1. The molecule has 1 aliphatic rings. The van der Waals surface area contributed by atoms with Gasteiger partial charge in [0.05, 0.1) is 0 Å². The van der Waals surface area contributed by atoms with Gasteiger partial charge in [0.25, 0.3) is 0 Å². The van der Waals surface area contributed by atoms with E-state index in [-0.39, 0.29) is 10.7 Å². The lowest BCUT2D eigenvalue weighted by atomic mass is 9.81. The largest absolute Gasteiger partial charge is 0.381 e. The zero-order chi connectivity index (χ0) is 14.8. The predicted octanol–water partition coefficient (Wildman–Crippen LogP) is 1.50. The lowest BCUT2D eigenvalue weighted by molar-refractivity contribution is 0.271. The number of hydrogen-bond donors (Lipinski definition) is 2. The van der Waals surface area contributed by atoms with Crippen molar-refractivity contribution in [1.82, 2.24) is 14.5 Å². The zero-order valence-corrected chi connectivity index (χ0v) is 13.0. The number of sulfonamides is 1. The van der Waals surface area contributed by atoms with Crippen LogP contribution in [0.25, 0.3) is 0 Å². The van der Waals surface area contributed by atoms with Crippen molar-refractivity contribution in [3.8, 4) is 0 Å². The number of anilines is 1. The fourth-order valence-electron chi connectivity index (χ4n) is 2.99. The maximum absolute atomic E-state index is 12.1. The van der Waals surface area contributed by atoms with Crippen LogP contribution < -0.4 is 10.5 Å². The second kappa shape index (κ2) is 6.13. The van der Waals surface area contributed by atoms with Gasteiger partial charge in [-0.15, -0.1) is 0 Å². The highest BCUT2D eigenvalue weighted by atomic mass is 32.2. The van der Waals surface area contributed by atoms with Crippen LogP contribution in [0.5, 0.6) is 0 Å². The highest BCUT2D eigenvalue weighted by Gasteiger charge is 2.22. The number of nitrogens with two attached hydrogens (primary N) is 1. The summed E-state index contributed by atoms with van der Waals surface area (Å²) in [6, 6.07) is 0. The van der Waals surface area contributed by atoms with Gasteiger partial charge in [-0.2, -0.15) is 5.10 Å². The van der Waals surface area contributed by atoms with Gasteiger partial charge in [0.15, 0.2) is 5.82 Å². The van der Waals surface area contributed by atoms with Gasteiger partial charge in [0, 0.05) is 19.8 Å². The van der Waals surface area contributed by atoms with E-state index in [9.17, 15) is 8.42 Å². The van der Waals surface area contributed by atoms with Crippen molar-refractivity contribution in [3.05, 3.63) is 6.20 Å². The van der Waals surface area contributed by atoms with Crippen LogP contribution in [0, 0.1) is 11.8 Å². The van der Waals surface area contributed by atoms with Crippen LogP contribution in [0.2, 0.25) is 0 Å². The molecule has 2 atom stereocenters. The maximum atomic E-state index is 12.1. The topological polar surface area (TPSA) is 90.0 Å². The Morgan fingerprint density at radius 1 is 1.50 bits per heavy atom. The van der Waals surface area contributed by atoms with Gasteiger partial charge in [0.2, 0.25) is 10.0 Å². The first-order valence-electron chi connectivity index (χ1n) is 7.17. The van der Waals surface area contributed by atoms with Gasteiger partial charge in [-0.25, -0.2) is 13.1 Å². The van der Waals surface area contributed by atoms with Crippen LogP contribution in [0.4, 0.5) is 5.82 Å². The number of hydrogen-bond acceptors (Lipinski definition) is 4. The second-order valence-electron chi connectivity index (χ2n) is 5.88. The Balaban J connectivity index is 1.88. The van der Waals surface area contributed by atoms with Crippen LogP contribution in [0.1, 0.15) is 39.0 Å². The molecule has 2 rings (SSSR count). The molecular formula is C13H24N4O2S. The number of aryl methyl sites for hydroxylation is 1. The molecule has 0 saturated heterocycles. The summed E-state index contributed by atoms with van der Waals surface area (Å²) in [5.41, 5.74) is 5.61. The number of nitrogens with one attached hydrogen (secondary N) is 1. The van der Waals surface area contributed by atoms with Gasteiger partial charge in [-0.1, -0.05) is 26.2 Å². The van der Waals surface area contributed by atoms with E-state index < -0.39 is 10.0 Å². The molecule has 1 saturated carbocycles. The average molecular weight is 300 g/mol. The number of rotatable bonds is 5. The quantitative estimate of drug-likeness (QED) is 0.862. The normalized spacial score (nSPS) is 23.9. The van der Waals surface area contributed by atoms with Crippen molar-refractivity contribution in [2.24, 2.45) is 18.9 Å². The third-order valence-corrected chi connectivity index (χ3v) is 5.48. The molecule has 20 heavy (non-hydrogen) atoms. The van der Waals surface area contributed by atoms with E-state index in [1.54, 1.807) is 7.05 Å². The van der Waals surface area contributed by atoms with Crippen molar-refractivity contribution in [1.29, 1.82) is 0 Å². The molecule has 0 aliphatic heterocycles. The minimum atomic E-state index is -3.54. The number of nitrogens with zero attached hydrogens (tertiary/aromatic N) is 2. The smallest absolute Gasteiger partial charge is 0.245 e. The molecule has 1 aromatic heterocycles. The highest BCUT2D eigenvalue weighted by molar-refractivity contribution is 7.89. The first kappa shape index (κ1) is 15.3. The van der Waals surface area contributed by atoms with E-state index in [2.05, 4.69) is 16.7 Å². The van der Waals surface area contributed by atoms with Crippen molar-refractivity contribution in [2.75, 3.05) is 12.3 Å². The average Bonchev–Trinajstić information content (AvgIpc) is 2.69. The van der Waals surface area contributed by atoms with Crippen molar-refractivity contribution >= 4 is 15.8 Å². The van der Waals surface area contributed by atoms with Crippen molar-refractivity contribution in [3.63, 3.8) is 0 Å². The summed E-state index contributed by atoms with van der Waals surface area (Å²) in [5, 5.41) is 3.86. The molecule has 0 radical (unpaired) electrons. The van der Waals surface area contributed by atoms with Gasteiger partial charge >= 0.3 is 0 Å². The molecule has 0 aromatic carbocycles. The highest BCUT2D eigenvalue weighted by Crippen LogP contribution is 2.30. The van der Waals surface area contributed by atoms with E-state index in [0.29, 0.717) is 12.5 Å². The number of aromatic nitrogens is 2. The van der Waals surface area contributed by atoms with Crippen LogP contribution in [-0.2, 0) is 17.1 Å². The Morgan fingerprint density at radius 3 is 2.85 bits per heavy atom. The zero-order valence-electron chi connectivity index (χ0n) is 12.2. The molecule has 114 valence electrons. The van der Waals surface area contributed by atoms with Gasteiger partial charge in [0.1, 0.15) is 4.90 Å². The Hall–Kier alpha value is -1.08. The molecule has 1 heterocycles. The first-order chi connectivity index (χ1) is 9.38. The van der Waals surface area contributed by atoms with E-state index in [4.69, 9.17) is 5.73 Å². The lowest BCUT2D eigenvalue weighted by Gasteiger charge is -2.26. The van der Waals surface area contributed by atoms with Crippen LogP contribution in [0.15, 0.2) is 11.1 Å². The van der Waals surface area contributed by atoms with E-state index in [1.165, 1.54) is 36.6 Å². The molecule has 6 nitrogen and oxygen atoms in total. The summed E-state index contributed by atoms with van der Waals surface area (Å²) < 4.78 is 28.3. The van der Waals surface area contributed by atoms with Crippen molar-refractivity contribution < 1.29 is 8.42 Å². The molecular weight excluding hydrogens is 276 g/mol. The summed E-state index contributed by atoms with van der Waals surface area (Å²) in [5.74, 6) is 1.44. The van der Waals surface area contributed by atoms with Crippen LogP contribution in [0.3, 0.4) is 0 Å². The van der Waals surface area contributed by atoms with Gasteiger partial charge in [-0.05, 0) is 24.7 Å². The molecule has 0 bridgehead atoms.